The third-order valence-corrected chi connectivity index (χ3v) is 4.53. The van der Waals surface area contributed by atoms with E-state index in [1.807, 2.05) is 6.20 Å². The van der Waals surface area contributed by atoms with Crippen molar-refractivity contribution in [2.75, 3.05) is 6.61 Å². The van der Waals surface area contributed by atoms with E-state index in [2.05, 4.69) is 39.7 Å². The van der Waals surface area contributed by atoms with Gasteiger partial charge >= 0.3 is 5.97 Å². The molecule has 0 radical (unpaired) electrons. The maximum absolute atomic E-state index is 11.7. The van der Waals surface area contributed by atoms with Crippen LogP contribution >= 0.6 is 0 Å². The quantitative estimate of drug-likeness (QED) is 0.677. The standard InChI is InChI=1S/C18H20N4O2/c1-3-24-18(23)14-7-19-22(9-14)11-15-10-21-8-13(16-6-12(16)2)4-5-17(21)20-15/h4-5,7-10,12,16H,3,6,11H2,1-2H3. The molecule has 1 saturated carbocycles. The molecular formula is C18H20N4O2. The van der Waals surface area contributed by atoms with E-state index in [-0.39, 0.29) is 5.97 Å². The van der Waals surface area contributed by atoms with E-state index < -0.39 is 0 Å². The number of pyridine rings is 1. The summed E-state index contributed by atoms with van der Waals surface area (Å²) in [7, 11) is 0. The lowest BCUT2D eigenvalue weighted by atomic mass is 10.1. The summed E-state index contributed by atoms with van der Waals surface area (Å²) in [5.41, 5.74) is 3.68. The summed E-state index contributed by atoms with van der Waals surface area (Å²) in [6.45, 7) is 4.96. The molecule has 0 spiro atoms. The first-order valence-corrected chi connectivity index (χ1v) is 8.31. The smallest absolute Gasteiger partial charge is 0.341 e. The van der Waals surface area contributed by atoms with Gasteiger partial charge in [0.25, 0.3) is 0 Å². The van der Waals surface area contributed by atoms with Gasteiger partial charge in [-0.05, 0) is 36.8 Å². The van der Waals surface area contributed by atoms with E-state index in [0.29, 0.717) is 24.6 Å². The lowest BCUT2D eigenvalue weighted by Crippen LogP contribution is -2.04. The number of carbonyl (C=O) groups is 1. The van der Waals surface area contributed by atoms with Crippen LogP contribution in [0, 0.1) is 5.92 Å². The lowest BCUT2D eigenvalue weighted by molar-refractivity contribution is 0.0526. The van der Waals surface area contributed by atoms with Crippen LogP contribution in [0.3, 0.4) is 0 Å². The second-order valence-corrected chi connectivity index (χ2v) is 6.43. The molecule has 0 aromatic carbocycles. The summed E-state index contributed by atoms with van der Waals surface area (Å²) in [6, 6.07) is 4.24. The summed E-state index contributed by atoms with van der Waals surface area (Å²) in [5, 5.41) is 4.22. The number of hydrogen-bond acceptors (Lipinski definition) is 4. The van der Waals surface area contributed by atoms with Crippen molar-refractivity contribution in [3.05, 3.63) is 53.7 Å². The molecule has 4 rings (SSSR count). The summed E-state index contributed by atoms with van der Waals surface area (Å²) in [6.07, 6.45) is 8.70. The Morgan fingerprint density at radius 3 is 2.92 bits per heavy atom. The number of esters is 1. The molecular weight excluding hydrogens is 304 g/mol. The number of hydrogen-bond donors (Lipinski definition) is 0. The Morgan fingerprint density at radius 2 is 2.17 bits per heavy atom. The topological polar surface area (TPSA) is 61.4 Å². The van der Waals surface area contributed by atoms with E-state index in [1.165, 1.54) is 18.2 Å². The SMILES string of the molecule is CCOC(=O)c1cnn(Cc2cn3cc(C4CC4C)ccc3n2)c1. The maximum Gasteiger partial charge on any atom is 0.341 e. The van der Waals surface area contributed by atoms with Gasteiger partial charge in [-0.2, -0.15) is 5.10 Å². The first-order chi connectivity index (χ1) is 11.6. The molecule has 1 aliphatic rings. The third-order valence-electron chi connectivity index (χ3n) is 4.53. The predicted octanol–water partition coefficient (Wildman–Crippen LogP) is 2.88. The molecule has 6 nitrogen and oxygen atoms in total. The normalized spacial score (nSPS) is 19.6. The molecule has 1 aliphatic carbocycles. The van der Waals surface area contributed by atoms with Crippen LogP contribution in [-0.2, 0) is 11.3 Å². The van der Waals surface area contributed by atoms with E-state index in [9.17, 15) is 4.79 Å². The Morgan fingerprint density at radius 1 is 1.33 bits per heavy atom. The van der Waals surface area contributed by atoms with Crippen LogP contribution in [0.25, 0.3) is 5.65 Å². The monoisotopic (exact) mass is 324 g/mol. The number of aromatic nitrogens is 4. The van der Waals surface area contributed by atoms with Gasteiger partial charge < -0.3 is 9.14 Å². The molecule has 0 amide bonds. The van der Waals surface area contributed by atoms with Crippen molar-refractivity contribution in [1.82, 2.24) is 19.2 Å². The molecule has 0 N–H and O–H groups in total. The number of ether oxygens (including phenoxy) is 1. The Balaban J connectivity index is 1.53. The fraction of sp³-hybridized carbons (Fsp3) is 0.389. The molecule has 3 aromatic heterocycles. The van der Waals surface area contributed by atoms with Crippen molar-refractivity contribution < 1.29 is 9.53 Å². The first kappa shape index (κ1) is 14.9. The second kappa shape index (κ2) is 5.78. The largest absolute Gasteiger partial charge is 0.462 e. The fourth-order valence-corrected chi connectivity index (χ4v) is 3.08. The van der Waals surface area contributed by atoms with E-state index in [4.69, 9.17) is 4.74 Å². The van der Waals surface area contributed by atoms with Crippen molar-refractivity contribution in [2.45, 2.75) is 32.7 Å². The van der Waals surface area contributed by atoms with Gasteiger partial charge in [-0.1, -0.05) is 13.0 Å². The van der Waals surface area contributed by atoms with Crippen molar-refractivity contribution in [3.8, 4) is 0 Å². The third kappa shape index (κ3) is 2.79. The predicted molar refractivity (Wildman–Crippen MR) is 89.0 cm³/mol. The van der Waals surface area contributed by atoms with Gasteiger partial charge in [-0.3, -0.25) is 4.68 Å². The van der Waals surface area contributed by atoms with Gasteiger partial charge in [0, 0.05) is 18.6 Å². The van der Waals surface area contributed by atoms with Crippen LogP contribution in [0.5, 0.6) is 0 Å². The number of imidazole rings is 1. The lowest BCUT2D eigenvalue weighted by Gasteiger charge is -1.99. The van der Waals surface area contributed by atoms with Gasteiger partial charge in [0.1, 0.15) is 5.65 Å². The van der Waals surface area contributed by atoms with Crippen LogP contribution in [0.4, 0.5) is 0 Å². The highest BCUT2D eigenvalue weighted by molar-refractivity contribution is 5.88. The highest BCUT2D eigenvalue weighted by Gasteiger charge is 2.34. The fourth-order valence-electron chi connectivity index (χ4n) is 3.08. The number of nitrogens with zero attached hydrogens (tertiary/aromatic N) is 4. The van der Waals surface area contributed by atoms with E-state index >= 15 is 0 Å². The first-order valence-electron chi connectivity index (χ1n) is 8.31. The Bertz CT molecular complexity index is 895. The minimum Gasteiger partial charge on any atom is -0.462 e. The molecule has 0 saturated heterocycles. The molecule has 2 unspecified atom stereocenters. The number of carbonyl (C=O) groups excluding carboxylic acids is 1. The molecule has 0 aliphatic heterocycles. The molecule has 2 atom stereocenters. The van der Waals surface area contributed by atoms with Gasteiger partial charge in [0.2, 0.25) is 0 Å². The molecule has 1 fully saturated rings. The highest BCUT2D eigenvalue weighted by atomic mass is 16.5. The molecule has 3 heterocycles. The van der Waals surface area contributed by atoms with Crippen LogP contribution in [0.15, 0.2) is 36.9 Å². The van der Waals surface area contributed by atoms with Crippen molar-refractivity contribution in [2.24, 2.45) is 5.92 Å². The van der Waals surface area contributed by atoms with E-state index in [0.717, 1.165) is 17.3 Å². The minimum absolute atomic E-state index is 0.345. The molecule has 124 valence electrons. The van der Waals surface area contributed by atoms with Gasteiger partial charge in [0.05, 0.1) is 30.6 Å². The highest BCUT2D eigenvalue weighted by Crippen LogP contribution is 2.46. The molecule has 6 heteroatoms. The molecule has 0 bridgehead atoms. The molecule has 3 aromatic rings. The van der Waals surface area contributed by atoms with Crippen molar-refractivity contribution >= 4 is 11.6 Å². The summed E-state index contributed by atoms with van der Waals surface area (Å²) < 4.78 is 8.76. The van der Waals surface area contributed by atoms with Crippen molar-refractivity contribution in [1.29, 1.82) is 0 Å². The van der Waals surface area contributed by atoms with E-state index in [1.54, 1.807) is 17.8 Å². The zero-order chi connectivity index (χ0) is 16.7. The van der Waals surface area contributed by atoms with Crippen LogP contribution in [-0.4, -0.2) is 31.7 Å². The summed E-state index contributed by atoms with van der Waals surface area (Å²) in [4.78, 5) is 16.3. The van der Waals surface area contributed by atoms with Gasteiger partial charge in [-0.15, -0.1) is 0 Å². The van der Waals surface area contributed by atoms with Crippen LogP contribution in [0.1, 0.15) is 47.8 Å². The average Bonchev–Trinajstić information content (AvgIpc) is 2.98. The van der Waals surface area contributed by atoms with Crippen LogP contribution in [0.2, 0.25) is 0 Å². The Labute approximate surface area is 140 Å². The Kier molecular flexibility index (Phi) is 3.59. The molecule has 24 heavy (non-hydrogen) atoms. The zero-order valence-corrected chi connectivity index (χ0v) is 13.8. The maximum atomic E-state index is 11.7. The minimum atomic E-state index is -0.345. The zero-order valence-electron chi connectivity index (χ0n) is 13.8. The van der Waals surface area contributed by atoms with Gasteiger partial charge in [-0.25, -0.2) is 9.78 Å². The summed E-state index contributed by atoms with van der Waals surface area (Å²) >= 11 is 0. The summed E-state index contributed by atoms with van der Waals surface area (Å²) in [5.74, 6) is 1.14. The number of rotatable bonds is 5. The Hall–Kier alpha value is -2.63. The van der Waals surface area contributed by atoms with Crippen LogP contribution < -0.4 is 0 Å². The van der Waals surface area contributed by atoms with Crippen molar-refractivity contribution in [3.63, 3.8) is 0 Å². The number of fused-ring (bicyclic) bond motifs is 1. The van der Waals surface area contributed by atoms with Gasteiger partial charge in [0.15, 0.2) is 0 Å². The second-order valence-electron chi connectivity index (χ2n) is 6.43. The average molecular weight is 324 g/mol.